The van der Waals surface area contributed by atoms with Gasteiger partial charge in [0.1, 0.15) is 11.4 Å². The summed E-state index contributed by atoms with van der Waals surface area (Å²) in [5.41, 5.74) is -0.00472. The zero-order valence-corrected chi connectivity index (χ0v) is 29.9. The van der Waals surface area contributed by atoms with Gasteiger partial charge in [0.2, 0.25) is 5.88 Å². The molecule has 224 valence electrons. The number of nitrogens with one attached hydrogen (secondary N) is 1. The van der Waals surface area contributed by atoms with Crippen LogP contribution in [-0.4, -0.2) is 76.3 Å². The molecule has 2 aromatic rings. The summed E-state index contributed by atoms with van der Waals surface area (Å²) in [7, 11) is 3.84. The van der Waals surface area contributed by atoms with Gasteiger partial charge in [0, 0.05) is 26.2 Å². The number of alkyl halides is 5. The minimum absolute atomic E-state index is 0. The summed E-state index contributed by atoms with van der Waals surface area (Å²) in [4.78, 5) is 54.0. The minimum atomic E-state index is -3.88. The van der Waals surface area contributed by atoms with Crippen molar-refractivity contribution in [1.29, 1.82) is 0 Å². The van der Waals surface area contributed by atoms with Crippen LogP contribution in [0.25, 0.3) is 0 Å². The number of halogens is 5. The molecule has 0 saturated carbocycles. The van der Waals surface area contributed by atoms with Crippen LogP contribution in [0.2, 0.25) is 0 Å². The Hall–Kier alpha value is -0.857. The van der Waals surface area contributed by atoms with Gasteiger partial charge in [-0.15, -0.1) is 5.10 Å². The molecule has 0 atom stereocenters. The Kier molecular flexibility index (Phi) is 29.4. The number of ether oxygens (including phenoxy) is 4. The van der Waals surface area contributed by atoms with Gasteiger partial charge in [-0.1, -0.05) is 0 Å². The first-order chi connectivity index (χ1) is 18.1. The Labute approximate surface area is 321 Å². The SMILES string of the molecule is CCOC(=O)c1cc(=O)[nH]n1C.CCOC(=O)c1cc(OC(F)F)nn1C.COC(=O)C(F)(F)Cl.O=CO[O-].[H-].[K+].[K+]. The predicted octanol–water partition coefficient (Wildman–Crippen LogP) is -5.37. The monoisotopic (exact) mass is 674 g/mol. The van der Waals surface area contributed by atoms with Gasteiger partial charge in [-0.25, -0.2) is 14.4 Å². The summed E-state index contributed by atoms with van der Waals surface area (Å²) in [6.45, 7) is 0.718. The average molecular weight is 675 g/mol. The molecular weight excluding hydrogens is 650 g/mol. The number of carbonyl (C=O) groups is 4. The van der Waals surface area contributed by atoms with Gasteiger partial charge in [-0.2, -0.15) is 17.6 Å². The molecule has 0 aliphatic rings. The molecule has 2 aromatic heterocycles. The van der Waals surface area contributed by atoms with E-state index in [2.05, 4.69) is 40.9 Å². The number of rotatable bonds is 8. The minimum Gasteiger partial charge on any atom is -1.00 e. The van der Waals surface area contributed by atoms with E-state index in [9.17, 15) is 36.7 Å². The van der Waals surface area contributed by atoms with Crippen LogP contribution in [0, 0.1) is 0 Å². The van der Waals surface area contributed by atoms with Gasteiger partial charge in [0.15, 0.2) is 0 Å². The third-order valence-electron chi connectivity index (χ3n) is 3.40. The fraction of sp³-hybridized carbons (Fsp3) is 0.474. The van der Waals surface area contributed by atoms with Crippen LogP contribution in [0.5, 0.6) is 5.88 Å². The smallest absolute Gasteiger partial charge is 1.00 e. The predicted molar refractivity (Wildman–Crippen MR) is 119 cm³/mol. The number of aromatic nitrogens is 4. The van der Waals surface area contributed by atoms with E-state index in [0.29, 0.717) is 6.61 Å². The van der Waals surface area contributed by atoms with Crippen molar-refractivity contribution >= 4 is 36.0 Å². The zero-order chi connectivity index (χ0) is 30.8. The number of carbonyl (C=O) groups excluding carboxylic acids is 4. The Balaban J connectivity index is -0.000000153. The van der Waals surface area contributed by atoms with Crippen LogP contribution in [0.15, 0.2) is 16.9 Å². The van der Waals surface area contributed by atoms with Gasteiger partial charge < -0.3 is 30.5 Å². The second kappa shape index (κ2) is 25.6. The fourth-order valence-electron chi connectivity index (χ4n) is 1.98. The van der Waals surface area contributed by atoms with E-state index < -0.39 is 29.9 Å². The number of nitrogens with zero attached hydrogens (tertiary/aromatic N) is 3. The molecule has 0 unspecified atom stereocenters. The van der Waals surface area contributed by atoms with Gasteiger partial charge in [0.05, 0.1) is 20.3 Å². The maximum Gasteiger partial charge on any atom is 1.00 e. The van der Waals surface area contributed by atoms with Gasteiger partial charge in [-0.3, -0.25) is 24.1 Å². The van der Waals surface area contributed by atoms with E-state index >= 15 is 0 Å². The average Bonchev–Trinajstić information content (AvgIpc) is 3.38. The number of aryl methyl sites for hydroxylation is 2. The first-order valence-corrected chi connectivity index (χ1v) is 10.4. The number of hydrogen-bond acceptors (Lipinski definition) is 12. The van der Waals surface area contributed by atoms with Crippen molar-refractivity contribution in [1.82, 2.24) is 19.6 Å². The molecule has 2 heterocycles. The largest absolute Gasteiger partial charge is 1.00 e. The van der Waals surface area contributed by atoms with Crippen LogP contribution in [0.1, 0.15) is 36.3 Å². The van der Waals surface area contributed by atoms with Crippen molar-refractivity contribution in [2.45, 2.75) is 25.8 Å². The van der Waals surface area contributed by atoms with E-state index in [0.717, 1.165) is 17.9 Å². The standard InChI is InChI=1S/C8H10F2N2O3.C7H10N2O3.C3H3ClF2O2.CH2O3.2K.H/c1-3-14-7(13)5-4-6(11-12(5)2)15-8(9)10;1-3-12-7(11)5-4-6(10)8-9(5)2;1-8-2(7)3(4,5)6;2-1-4-3;;;/h4,8H,3H2,1-2H3;4H,3H2,1-2H3,(H,8,10);1H3;1,3H;;;/q;;;;2*+1;-1/p-1. The van der Waals surface area contributed by atoms with Crippen molar-refractivity contribution in [3.8, 4) is 5.88 Å². The van der Waals surface area contributed by atoms with Crippen molar-refractivity contribution in [3.05, 3.63) is 33.9 Å². The number of methoxy groups -OCH3 is 1. The van der Waals surface area contributed by atoms with E-state index in [1.807, 2.05) is 0 Å². The normalized spacial score (nSPS) is 9.37. The third kappa shape index (κ3) is 21.5. The molecule has 0 spiro atoms. The molecule has 0 saturated heterocycles. The summed E-state index contributed by atoms with van der Waals surface area (Å²) in [5, 5.41) is 10.5. The van der Waals surface area contributed by atoms with Crippen LogP contribution in [-0.2, 0) is 42.8 Å². The zero-order valence-electron chi connectivity index (χ0n) is 23.9. The number of H-pyrrole nitrogens is 1. The second-order valence-electron chi connectivity index (χ2n) is 6.06. The Morgan fingerprint density at radius 3 is 1.88 bits per heavy atom. The van der Waals surface area contributed by atoms with Crippen molar-refractivity contribution < 1.29 is 170 Å². The molecule has 15 nitrogen and oxygen atoms in total. The van der Waals surface area contributed by atoms with Crippen LogP contribution in [0.4, 0.5) is 17.6 Å². The summed E-state index contributed by atoms with van der Waals surface area (Å²) in [5.74, 6) is -3.16. The Morgan fingerprint density at radius 1 is 1.12 bits per heavy atom. The van der Waals surface area contributed by atoms with E-state index in [-0.39, 0.29) is 140 Å². The number of esters is 3. The van der Waals surface area contributed by atoms with Gasteiger partial charge in [-0.05, 0) is 25.4 Å². The molecule has 22 heteroatoms. The second-order valence-corrected chi connectivity index (χ2v) is 6.53. The van der Waals surface area contributed by atoms with Gasteiger partial charge >= 0.3 is 133 Å². The van der Waals surface area contributed by atoms with Crippen LogP contribution in [0.3, 0.4) is 0 Å². The summed E-state index contributed by atoms with van der Waals surface area (Å²) in [6, 6.07) is 2.31. The quantitative estimate of drug-likeness (QED) is 0.0409. The summed E-state index contributed by atoms with van der Waals surface area (Å²) >= 11 is 4.18. The molecule has 0 radical (unpaired) electrons. The molecule has 0 bridgehead atoms. The number of hydrogen-bond donors (Lipinski definition) is 1. The van der Waals surface area contributed by atoms with E-state index in [1.165, 1.54) is 17.8 Å². The molecular formula is C19H25ClF4K2N4O11. The maximum atomic E-state index is 11.8. The van der Waals surface area contributed by atoms with Gasteiger partial charge in [0.25, 0.3) is 12.0 Å². The Bertz CT molecular complexity index is 1120. The summed E-state index contributed by atoms with van der Waals surface area (Å²) < 4.78 is 65.9. The molecule has 41 heavy (non-hydrogen) atoms. The van der Waals surface area contributed by atoms with Crippen molar-refractivity contribution in [3.63, 3.8) is 0 Å². The molecule has 0 aliphatic heterocycles. The molecule has 0 aromatic carbocycles. The maximum absolute atomic E-state index is 11.8. The first-order valence-electron chi connectivity index (χ1n) is 10.1. The topological polar surface area (TPSA) is 193 Å². The third-order valence-corrected chi connectivity index (χ3v) is 3.55. The fourth-order valence-corrected chi connectivity index (χ4v) is 2.06. The molecule has 0 aliphatic carbocycles. The molecule has 0 amide bonds. The molecule has 1 N–H and O–H groups in total. The van der Waals surface area contributed by atoms with Crippen molar-refractivity contribution in [2.24, 2.45) is 14.1 Å². The van der Waals surface area contributed by atoms with E-state index in [4.69, 9.17) is 14.8 Å². The van der Waals surface area contributed by atoms with Crippen LogP contribution < -0.4 is 118 Å². The van der Waals surface area contributed by atoms with E-state index in [1.54, 1.807) is 20.9 Å². The summed E-state index contributed by atoms with van der Waals surface area (Å²) in [6.07, 6.45) is 0. The number of aromatic amines is 1. The first kappa shape index (κ1) is 47.1. The Morgan fingerprint density at radius 2 is 1.59 bits per heavy atom. The van der Waals surface area contributed by atoms with Crippen molar-refractivity contribution in [2.75, 3.05) is 20.3 Å². The van der Waals surface area contributed by atoms with Crippen LogP contribution >= 0.6 is 11.6 Å². The molecule has 2 rings (SSSR count). The molecule has 0 fully saturated rings.